The largest absolute Gasteiger partial charge is 0.494 e. The Morgan fingerprint density at radius 1 is 0.840 bits per heavy atom. The molecule has 0 heterocycles. The Balaban J connectivity index is 2.03. The second kappa shape index (κ2) is 8.14. The van der Waals surface area contributed by atoms with Gasteiger partial charge in [-0.25, -0.2) is 4.99 Å². The Kier molecular flexibility index (Phi) is 5.46. The van der Waals surface area contributed by atoms with Crippen LogP contribution in [0.15, 0.2) is 83.9 Å². The van der Waals surface area contributed by atoms with E-state index >= 15 is 0 Å². The molecule has 2 heteroatoms. The number of benzene rings is 3. The lowest BCUT2D eigenvalue weighted by Gasteiger charge is -2.07. The first-order valence-corrected chi connectivity index (χ1v) is 8.45. The molecule has 0 aliphatic carbocycles. The predicted molar refractivity (Wildman–Crippen MR) is 105 cm³/mol. The molecular formula is C23H21NO. The lowest BCUT2D eigenvalue weighted by atomic mass is 9.99. The number of hydrogen-bond donors (Lipinski definition) is 0. The molecule has 0 atom stereocenters. The fourth-order valence-electron chi connectivity index (χ4n) is 2.52. The maximum absolute atomic E-state index is 5.53. The molecule has 0 aliphatic rings. The van der Waals surface area contributed by atoms with Crippen molar-refractivity contribution < 1.29 is 4.74 Å². The van der Waals surface area contributed by atoms with Crippen LogP contribution in [0, 0.1) is 6.92 Å². The molecule has 0 N–H and O–H groups in total. The summed E-state index contributed by atoms with van der Waals surface area (Å²) in [4.78, 5) is 4.54. The number of rotatable bonds is 5. The fraction of sp³-hybridized carbons (Fsp3) is 0.130. The van der Waals surface area contributed by atoms with Gasteiger partial charge in [0.1, 0.15) is 5.75 Å². The summed E-state index contributed by atoms with van der Waals surface area (Å²) in [7, 11) is 0. The average molecular weight is 327 g/mol. The second-order valence-electron chi connectivity index (χ2n) is 5.76. The third-order valence-corrected chi connectivity index (χ3v) is 3.85. The van der Waals surface area contributed by atoms with E-state index in [1.165, 1.54) is 5.56 Å². The van der Waals surface area contributed by atoms with Crippen LogP contribution in [0.4, 0.5) is 5.69 Å². The Morgan fingerprint density at radius 2 is 1.48 bits per heavy atom. The summed E-state index contributed by atoms with van der Waals surface area (Å²) in [5, 5.41) is 0. The van der Waals surface area contributed by atoms with Crippen molar-refractivity contribution in [2.24, 2.45) is 4.99 Å². The van der Waals surface area contributed by atoms with Gasteiger partial charge in [-0.2, -0.15) is 0 Å². The number of aliphatic imine (C=N–C) groups is 1. The van der Waals surface area contributed by atoms with Crippen LogP contribution in [0.2, 0.25) is 0 Å². The number of aryl methyl sites for hydroxylation is 1. The first-order chi connectivity index (χ1) is 12.3. The van der Waals surface area contributed by atoms with Gasteiger partial charge in [0.25, 0.3) is 0 Å². The Hall–Kier alpha value is -3.09. The summed E-state index contributed by atoms with van der Waals surface area (Å²) in [5.41, 5.74) is 5.22. The number of nitrogens with zero attached hydrogens (tertiary/aromatic N) is 1. The van der Waals surface area contributed by atoms with Gasteiger partial charge in [0.15, 0.2) is 0 Å². The molecule has 3 rings (SSSR count). The zero-order chi connectivity index (χ0) is 17.5. The van der Waals surface area contributed by atoms with Gasteiger partial charge >= 0.3 is 0 Å². The zero-order valence-electron chi connectivity index (χ0n) is 14.6. The van der Waals surface area contributed by atoms with E-state index in [1.807, 2.05) is 61.5 Å². The highest BCUT2D eigenvalue weighted by molar-refractivity contribution is 5.99. The molecule has 0 radical (unpaired) electrons. The van der Waals surface area contributed by atoms with Crippen LogP contribution in [0.25, 0.3) is 5.57 Å². The van der Waals surface area contributed by atoms with Gasteiger partial charge in [0.2, 0.25) is 0 Å². The van der Waals surface area contributed by atoms with Crippen LogP contribution < -0.4 is 4.74 Å². The normalized spacial score (nSPS) is 10.0. The minimum atomic E-state index is 0.662. The quantitative estimate of drug-likeness (QED) is 0.540. The van der Waals surface area contributed by atoms with Gasteiger partial charge in [-0.15, -0.1) is 0 Å². The maximum atomic E-state index is 5.53. The predicted octanol–water partition coefficient (Wildman–Crippen LogP) is 5.83. The standard InChI is InChI=1S/C23H21NO/c1-3-25-22-15-11-20(12-16-22)23(19-7-5-4-6-8-19)17-24-21-13-9-18(2)10-14-21/h4-16H,3H2,1-2H3. The molecule has 25 heavy (non-hydrogen) atoms. The van der Waals surface area contributed by atoms with Gasteiger partial charge in [0, 0.05) is 0 Å². The third kappa shape index (κ3) is 4.47. The topological polar surface area (TPSA) is 21.6 Å². The highest BCUT2D eigenvalue weighted by Crippen LogP contribution is 2.24. The molecule has 0 fully saturated rings. The van der Waals surface area contributed by atoms with E-state index in [0.717, 1.165) is 28.1 Å². The van der Waals surface area contributed by atoms with Gasteiger partial charge in [-0.05, 0) is 67.2 Å². The van der Waals surface area contributed by atoms with Crippen molar-refractivity contribution >= 4 is 17.1 Å². The van der Waals surface area contributed by atoms with Crippen LogP contribution in [-0.2, 0) is 0 Å². The van der Waals surface area contributed by atoms with Crippen molar-refractivity contribution in [3.8, 4) is 5.75 Å². The molecule has 0 saturated heterocycles. The van der Waals surface area contributed by atoms with Crippen molar-refractivity contribution in [2.75, 3.05) is 6.61 Å². The maximum Gasteiger partial charge on any atom is 0.119 e. The van der Waals surface area contributed by atoms with E-state index in [9.17, 15) is 0 Å². The minimum absolute atomic E-state index is 0.662. The Labute approximate surface area is 149 Å². The molecule has 0 saturated carbocycles. The first-order valence-electron chi connectivity index (χ1n) is 8.45. The van der Waals surface area contributed by atoms with Crippen LogP contribution in [0.5, 0.6) is 5.75 Å². The minimum Gasteiger partial charge on any atom is -0.494 e. The van der Waals surface area contributed by atoms with E-state index < -0.39 is 0 Å². The molecule has 0 amide bonds. The van der Waals surface area contributed by atoms with E-state index in [1.54, 1.807) is 0 Å². The smallest absolute Gasteiger partial charge is 0.119 e. The zero-order valence-corrected chi connectivity index (χ0v) is 14.6. The number of hydrogen-bond acceptors (Lipinski definition) is 2. The third-order valence-electron chi connectivity index (χ3n) is 3.85. The molecule has 0 aromatic heterocycles. The lowest BCUT2D eigenvalue weighted by molar-refractivity contribution is 0.340. The summed E-state index contributed by atoms with van der Waals surface area (Å²) in [5.74, 6) is 4.11. The monoisotopic (exact) mass is 327 g/mol. The van der Waals surface area contributed by atoms with Crippen molar-refractivity contribution in [1.82, 2.24) is 0 Å². The molecule has 0 bridgehead atoms. The van der Waals surface area contributed by atoms with E-state index in [-0.39, 0.29) is 0 Å². The molecule has 3 aromatic carbocycles. The van der Waals surface area contributed by atoms with Gasteiger partial charge in [-0.3, -0.25) is 0 Å². The molecule has 0 spiro atoms. The van der Waals surface area contributed by atoms with Gasteiger partial charge < -0.3 is 4.74 Å². The summed E-state index contributed by atoms with van der Waals surface area (Å²) in [6.07, 6.45) is 0. The Bertz CT molecular complexity index is 872. The first kappa shape index (κ1) is 16.8. The van der Waals surface area contributed by atoms with E-state index in [0.29, 0.717) is 6.61 Å². The summed E-state index contributed by atoms with van der Waals surface area (Å²) in [6.45, 7) is 4.71. The van der Waals surface area contributed by atoms with Crippen molar-refractivity contribution in [3.63, 3.8) is 0 Å². The van der Waals surface area contributed by atoms with Crippen LogP contribution >= 0.6 is 0 Å². The van der Waals surface area contributed by atoms with Gasteiger partial charge in [0.05, 0.1) is 17.9 Å². The van der Waals surface area contributed by atoms with Crippen molar-refractivity contribution in [1.29, 1.82) is 0 Å². The molecule has 2 nitrogen and oxygen atoms in total. The lowest BCUT2D eigenvalue weighted by Crippen LogP contribution is -1.92. The van der Waals surface area contributed by atoms with Crippen LogP contribution in [0.1, 0.15) is 23.6 Å². The molecule has 0 unspecified atom stereocenters. The van der Waals surface area contributed by atoms with E-state index in [2.05, 4.69) is 42.1 Å². The highest BCUT2D eigenvalue weighted by Gasteiger charge is 2.05. The SMILES string of the molecule is CCOc1ccc(C(=C=Nc2ccc(C)cc2)c2ccccc2)cc1. The summed E-state index contributed by atoms with van der Waals surface area (Å²) in [6, 6.07) is 26.4. The van der Waals surface area contributed by atoms with Crippen LogP contribution in [0.3, 0.4) is 0 Å². The molecular weight excluding hydrogens is 306 g/mol. The summed E-state index contributed by atoms with van der Waals surface area (Å²) >= 11 is 0. The van der Waals surface area contributed by atoms with Crippen molar-refractivity contribution in [3.05, 3.63) is 95.6 Å². The average Bonchev–Trinajstić information content (AvgIpc) is 2.66. The fourth-order valence-corrected chi connectivity index (χ4v) is 2.52. The highest BCUT2D eigenvalue weighted by atomic mass is 16.5. The number of ether oxygens (including phenoxy) is 1. The second-order valence-corrected chi connectivity index (χ2v) is 5.76. The van der Waals surface area contributed by atoms with Gasteiger partial charge in [-0.1, -0.05) is 48.0 Å². The molecule has 124 valence electrons. The Morgan fingerprint density at radius 3 is 2.12 bits per heavy atom. The summed E-state index contributed by atoms with van der Waals surface area (Å²) < 4.78 is 5.53. The van der Waals surface area contributed by atoms with E-state index in [4.69, 9.17) is 4.74 Å². The molecule has 3 aromatic rings. The van der Waals surface area contributed by atoms with Crippen LogP contribution in [-0.4, -0.2) is 12.5 Å². The molecule has 0 aliphatic heterocycles. The van der Waals surface area contributed by atoms with Crippen molar-refractivity contribution in [2.45, 2.75) is 13.8 Å².